The van der Waals surface area contributed by atoms with Gasteiger partial charge in [0.15, 0.2) is 0 Å². The molecular formula is C17H23F3N2OS. The lowest BCUT2D eigenvalue weighted by Gasteiger charge is -2.39. The summed E-state index contributed by atoms with van der Waals surface area (Å²) >= 11 is -0.112. The molecule has 2 N–H and O–H groups in total. The summed E-state index contributed by atoms with van der Waals surface area (Å²) in [6.45, 7) is 3.47. The molecule has 7 heteroatoms. The first-order chi connectivity index (χ1) is 11.4. The molecule has 1 heterocycles. The number of nitrogens with one attached hydrogen (secondary N) is 1. The fraction of sp³-hybridized carbons (Fsp3) is 0.647. The zero-order valence-corrected chi connectivity index (χ0v) is 14.3. The smallest absolute Gasteiger partial charge is 0.446 e. The highest BCUT2D eigenvalue weighted by Gasteiger charge is 2.35. The van der Waals surface area contributed by atoms with Crippen LogP contribution in [0.25, 0.3) is 0 Å². The highest BCUT2D eigenvalue weighted by atomic mass is 32.2. The monoisotopic (exact) mass is 360 g/mol. The van der Waals surface area contributed by atoms with Crippen LogP contribution in [-0.2, 0) is 0 Å². The van der Waals surface area contributed by atoms with Gasteiger partial charge in [0.2, 0.25) is 0 Å². The van der Waals surface area contributed by atoms with Crippen LogP contribution in [0.5, 0.6) is 5.75 Å². The summed E-state index contributed by atoms with van der Waals surface area (Å²) in [6, 6.07) is 4.30. The minimum atomic E-state index is -4.31. The van der Waals surface area contributed by atoms with Gasteiger partial charge >= 0.3 is 5.51 Å². The summed E-state index contributed by atoms with van der Waals surface area (Å²) in [5.74, 6) is 0.511. The number of phenols is 1. The first kappa shape index (κ1) is 17.9. The SMILES string of the molecule is Oc1ccc(SC(F)(F)F)cc1[C@@H](C1CCCC1)N1CCNCC1. The van der Waals surface area contributed by atoms with Crippen molar-refractivity contribution in [2.45, 2.75) is 42.1 Å². The normalized spacial score (nSPS) is 22.0. The minimum Gasteiger partial charge on any atom is -0.508 e. The van der Waals surface area contributed by atoms with E-state index in [1.54, 1.807) is 6.07 Å². The molecule has 3 nitrogen and oxygen atoms in total. The topological polar surface area (TPSA) is 35.5 Å². The van der Waals surface area contributed by atoms with E-state index in [1.807, 2.05) is 0 Å². The minimum absolute atomic E-state index is 0.00313. The third-order valence-corrected chi connectivity index (χ3v) is 5.66. The molecule has 1 aliphatic heterocycles. The van der Waals surface area contributed by atoms with Gasteiger partial charge in [0.05, 0.1) is 0 Å². The number of hydrogen-bond acceptors (Lipinski definition) is 4. The summed E-state index contributed by atoms with van der Waals surface area (Å²) in [6.07, 6.45) is 4.46. The number of aromatic hydroxyl groups is 1. The molecule has 0 unspecified atom stereocenters. The Labute approximate surface area is 144 Å². The Morgan fingerprint density at radius 2 is 1.83 bits per heavy atom. The Bertz CT molecular complexity index is 555. The van der Waals surface area contributed by atoms with Crippen molar-refractivity contribution >= 4 is 11.8 Å². The molecule has 2 aliphatic rings. The standard InChI is InChI=1S/C17H23F3N2OS/c18-17(19,20)24-13-5-6-15(23)14(11-13)16(12-3-1-2-4-12)22-9-7-21-8-10-22/h5-6,11-12,16,21,23H,1-4,7-10H2/t16-/m1/s1. The predicted molar refractivity (Wildman–Crippen MR) is 89.2 cm³/mol. The molecular weight excluding hydrogens is 337 g/mol. The quantitative estimate of drug-likeness (QED) is 0.791. The Morgan fingerprint density at radius 3 is 2.46 bits per heavy atom. The average Bonchev–Trinajstić information content (AvgIpc) is 3.04. The molecule has 1 aliphatic carbocycles. The maximum Gasteiger partial charge on any atom is 0.446 e. The summed E-state index contributed by atoms with van der Waals surface area (Å²) in [7, 11) is 0. The van der Waals surface area contributed by atoms with Gasteiger partial charge in [-0.2, -0.15) is 13.2 Å². The van der Waals surface area contributed by atoms with Gasteiger partial charge < -0.3 is 10.4 Å². The molecule has 1 saturated heterocycles. The number of alkyl halides is 3. The Hall–Kier alpha value is -0.920. The third-order valence-electron chi connectivity index (χ3n) is 4.94. The molecule has 1 atom stereocenters. The second-order valence-electron chi connectivity index (χ2n) is 6.54. The maximum absolute atomic E-state index is 12.7. The van der Waals surface area contributed by atoms with Crippen molar-refractivity contribution in [3.8, 4) is 5.75 Å². The van der Waals surface area contributed by atoms with Gasteiger partial charge in [-0.05, 0) is 48.7 Å². The van der Waals surface area contributed by atoms with Crippen molar-refractivity contribution in [2.75, 3.05) is 26.2 Å². The number of hydrogen-bond donors (Lipinski definition) is 2. The van der Waals surface area contributed by atoms with Crippen LogP contribution in [0.3, 0.4) is 0 Å². The summed E-state index contributed by atoms with van der Waals surface area (Å²) in [5.41, 5.74) is -3.66. The van der Waals surface area contributed by atoms with Crippen LogP contribution < -0.4 is 5.32 Å². The second kappa shape index (κ2) is 7.54. The Kier molecular flexibility index (Phi) is 5.62. The van der Waals surface area contributed by atoms with Crippen molar-refractivity contribution in [3.63, 3.8) is 0 Å². The van der Waals surface area contributed by atoms with Gasteiger partial charge in [-0.25, -0.2) is 0 Å². The van der Waals surface area contributed by atoms with Gasteiger partial charge in [-0.15, -0.1) is 0 Å². The molecule has 1 saturated carbocycles. The molecule has 3 rings (SSSR count). The van der Waals surface area contributed by atoms with Gasteiger partial charge in [0.25, 0.3) is 0 Å². The van der Waals surface area contributed by atoms with Gasteiger partial charge in [0.1, 0.15) is 5.75 Å². The van der Waals surface area contributed by atoms with Crippen LogP contribution in [0.1, 0.15) is 37.3 Å². The fourth-order valence-corrected chi connectivity index (χ4v) is 4.54. The molecule has 0 amide bonds. The first-order valence-electron chi connectivity index (χ1n) is 8.47. The Morgan fingerprint density at radius 1 is 1.17 bits per heavy atom. The molecule has 0 radical (unpaired) electrons. The molecule has 2 fully saturated rings. The predicted octanol–water partition coefficient (Wildman–Crippen LogP) is 4.14. The van der Waals surface area contributed by atoms with E-state index in [0.29, 0.717) is 11.5 Å². The lowest BCUT2D eigenvalue weighted by Crippen LogP contribution is -2.46. The van der Waals surface area contributed by atoms with Crippen molar-refractivity contribution in [1.82, 2.24) is 10.2 Å². The molecule has 0 aromatic heterocycles. The van der Waals surface area contributed by atoms with E-state index in [4.69, 9.17) is 0 Å². The summed E-state index contributed by atoms with van der Waals surface area (Å²) in [5, 5.41) is 13.7. The van der Waals surface area contributed by atoms with Crippen molar-refractivity contribution < 1.29 is 18.3 Å². The van der Waals surface area contributed by atoms with Gasteiger partial charge in [-0.1, -0.05) is 12.8 Å². The highest BCUT2D eigenvalue weighted by molar-refractivity contribution is 8.00. The van der Waals surface area contributed by atoms with Crippen LogP contribution in [-0.4, -0.2) is 41.7 Å². The number of benzene rings is 1. The lowest BCUT2D eigenvalue weighted by molar-refractivity contribution is -0.0328. The first-order valence-corrected chi connectivity index (χ1v) is 9.29. The second-order valence-corrected chi connectivity index (χ2v) is 7.68. The molecule has 134 valence electrons. The zero-order chi connectivity index (χ0) is 17.2. The number of phenolic OH excluding ortho intramolecular Hbond substituents is 1. The summed E-state index contributed by atoms with van der Waals surface area (Å²) < 4.78 is 38.1. The molecule has 1 aromatic rings. The largest absolute Gasteiger partial charge is 0.508 e. The Balaban J connectivity index is 1.91. The highest BCUT2D eigenvalue weighted by Crippen LogP contribution is 2.45. The van der Waals surface area contributed by atoms with Crippen LogP contribution >= 0.6 is 11.8 Å². The van der Waals surface area contributed by atoms with Gasteiger partial charge in [0, 0.05) is 42.7 Å². The zero-order valence-electron chi connectivity index (χ0n) is 13.5. The van der Waals surface area contributed by atoms with Crippen molar-refractivity contribution in [3.05, 3.63) is 23.8 Å². The molecule has 0 bridgehead atoms. The van der Waals surface area contributed by atoms with E-state index in [2.05, 4.69) is 10.2 Å². The third kappa shape index (κ3) is 4.37. The van der Waals surface area contributed by atoms with E-state index >= 15 is 0 Å². The van der Waals surface area contributed by atoms with Crippen LogP contribution in [0.15, 0.2) is 23.1 Å². The maximum atomic E-state index is 12.7. The average molecular weight is 360 g/mol. The van der Waals surface area contributed by atoms with E-state index in [0.717, 1.165) is 51.9 Å². The number of piperazine rings is 1. The molecule has 24 heavy (non-hydrogen) atoms. The van der Waals surface area contributed by atoms with Crippen LogP contribution in [0.2, 0.25) is 0 Å². The number of thioether (sulfide) groups is 1. The van der Waals surface area contributed by atoms with Crippen molar-refractivity contribution in [2.24, 2.45) is 5.92 Å². The summed E-state index contributed by atoms with van der Waals surface area (Å²) in [4.78, 5) is 2.47. The molecule has 1 aromatic carbocycles. The van der Waals surface area contributed by atoms with E-state index in [9.17, 15) is 18.3 Å². The van der Waals surface area contributed by atoms with E-state index in [1.165, 1.54) is 12.1 Å². The number of halogens is 3. The van der Waals surface area contributed by atoms with E-state index < -0.39 is 5.51 Å². The van der Waals surface area contributed by atoms with E-state index in [-0.39, 0.29) is 28.4 Å². The lowest BCUT2D eigenvalue weighted by atomic mass is 9.89. The number of nitrogens with zero attached hydrogens (tertiary/aromatic N) is 1. The van der Waals surface area contributed by atoms with Crippen LogP contribution in [0, 0.1) is 5.92 Å². The number of rotatable bonds is 4. The molecule has 0 spiro atoms. The van der Waals surface area contributed by atoms with Gasteiger partial charge in [-0.3, -0.25) is 4.90 Å². The van der Waals surface area contributed by atoms with Crippen molar-refractivity contribution in [1.29, 1.82) is 0 Å². The van der Waals surface area contributed by atoms with Crippen LogP contribution in [0.4, 0.5) is 13.2 Å². The fourth-order valence-electron chi connectivity index (χ4n) is 3.95.